The second-order valence-electron chi connectivity index (χ2n) is 8.61. The number of rotatable bonds is 6. The second-order valence-corrected chi connectivity index (χ2v) is 8.61. The molecule has 4 nitrogen and oxygen atoms in total. The fraction of sp³-hybridized carbons (Fsp3) is 0.520. The number of benzene rings is 1. The summed E-state index contributed by atoms with van der Waals surface area (Å²) in [6.07, 6.45) is 4.61. The Morgan fingerprint density at radius 1 is 1.13 bits per heavy atom. The molecular weight excluding hydrogens is 379 g/mol. The highest BCUT2D eigenvalue weighted by Crippen LogP contribution is 2.41. The van der Waals surface area contributed by atoms with Crippen molar-refractivity contribution in [3.63, 3.8) is 0 Å². The summed E-state index contributed by atoms with van der Waals surface area (Å²) in [5.74, 6) is 0.493. The zero-order chi connectivity index (χ0) is 21.8. The van der Waals surface area contributed by atoms with Gasteiger partial charge in [0.1, 0.15) is 5.82 Å². The summed E-state index contributed by atoms with van der Waals surface area (Å²) in [6.45, 7) is 6.29. The van der Waals surface area contributed by atoms with Gasteiger partial charge in [0.15, 0.2) is 0 Å². The number of hydrogen-bond acceptors (Lipinski definition) is 4. The van der Waals surface area contributed by atoms with E-state index in [9.17, 15) is 9.18 Å². The third kappa shape index (κ3) is 5.00. The van der Waals surface area contributed by atoms with Gasteiger partial charge in [0, 0.05) is 37.7 Å². The number of aryl methyl sites for hydroxylation is 2. The first-order chi connectivity index (χ1) is 14.3. The van der Waals surface area contributed by atoms with E-state index in [4.69, 9.17) is 9.72 Å². The molecular formula is C25H33FN2O2. The maximum Gasteiger partial charge on any atom is 0.306 e. The van der Waals surface area contributed by atoms with Crippen LogP contribution in [0.2, 0.25) is 0 Å². The van der Waals surface area contributed by atoms with Crippen LogP contribution in [0, 0.1) is 25.6 Å². The number of carbonyl (C=O) groups is 1. The van der Waals surface area contributed by atoms with Crippen molar-refractivity contribution in [2.75, 3.05) is 25.6 Å². The van der Waals surface area contributed by atoms with Gasteiger partial charge in [-0.1, -0.05) is 6.07 Å². The monoisotopic (exact) mass is 412 g/mol. The fourth-order valence-electron chi connectivity index (χ4n) is 4.72. The second kappa shape index (κ2) is 9.59. The third-order valence-electron chi connectivity index (χ3n) is 6.14. The summed E-state index contributed by atoms with van der Waals surface area (Å²) in [5, 5.41) is 0. The summed E-state index contributed by atoms with van der Waals surface area (Å²) in [7, 11) is 4.04. The van der Waals surface area contributed by atoms with Crippen molar-refractivity contribution in [3.8, 4) is 11.1 Å². The van der Waals surface area contributed by atoms with E-state index in [1.807, 2.05) is 40.9 Å². The third-order valence-corrected chi connectivity index (χ3v) is 6.14. The van der Waals surface area contributed by atoms with Crippen LogP contribution in [0.15, 0.2) is 24.3 Å². The molecule has 0 N–H and O–H groups in total. The normalized spacial score (nSPS) is 18.9. The Balaban J connectivity index is 1.87. The SMILES string of the molecule is CCOC(=O)CC1CCC(c2cc(-c3ccc(F)cc3C)c(N(C)C)c(C)n2)CC1. The lowest BCUT2D eigenvalue weighted by atomic mass is 9.78. The van der Waals surface area contributed by atoms with Crippen LogP contribution in [0.3, 0.4) is 0 Å². The Hall–Kier alpha value is -2.43. The molecule has 0 saturated heterocycles. The number of anilines is 1. The summed E-state index contributed by atoms with van der Waals surface area (Å²) >= 11 is 0. The molecule has 0 amide bonds. The van der Waals surface area contributed by atoms with Crippen LogP contribution in [0.4, 0.5) is 10.1 Å². The van der Waals surface area contributed by atoms with Crippen molar-refractivity contribution in [1.82, 2.24) is 4.98 Å². The van der Waals surface area contributed by atoms with Crippen molar-refractivity contribution in [1.29, 1.82) is 0 Å². The Labute approximate surface area is 179 Å². The first kappa shape index (κ1) is 22.3. The van der Waals surface area contributed by atoms with Crippen LogP contribution in [0.5, 0.6) is 0 Å². The van der Waals surface area contributed by atoms with E-state index < -0.39 is 0 Å². The first-order valence-electron chi connectivity index (χ1n) is 10.9. The number of halogens is 1. The molecule has 5 heteroatoms. The molecule has 0 aliphatic heterocycles. The summed E-state index contributed by atoms with van der Waals surface area (Å²) < 4.78 is 18.8. The minimum absolute atomic E-state index is 0.0840. The zero-order valence-corrected chi connectivity index (χ0v) is 18.8. The predicted octanol–water partition coefficient (Wildman–Crippen LogP) is 5.80. The van der Waals surface area contributed by atoms with Crippen molar-refractivity contribution in [2.45, 2.75) is 58.8 Å². The van der Waals surface area contributed by atoms with Crippen LogP contribution in [-0.4, -0.2) is 31.7 Å². The molecule has 0 radical (unpaired) electrons. The molecule has 0 atom stereocenters. The van der Waals surface area contributed by atoms with E-state index in [-0.39, 0.29) is 11.8 Å². The number of aromatic nitrogens is 1. The number of carbonyl (C=O) groups excluding carboxylic acids is 1. The lowest BCUT2D eigenvalue weighted by molar-refractivity contribution is -0.144. The number of esters is 1. The maximum absolute atomic E-state index is 13.7. The van der Waals surface area contributed by atoms with Crippen molar-refractivity contribution in [3.05, 3.63) is 47.0 Å². The molecule has 1 fully saturated rings. The van der Waals surface area contributed by atoms with Crippen LogP contribution >= 0.6 is 0 Å². The molecule has 1 aliphatic rings. The summed E-state index contributed by atoms with van der Waals surface area (Å²) in [4.78, 5) is 18.8. The van der Waals surface area contributed by atoms with E-state index >= 15 is 0 Å². The van der Waals surface area contributed by atoms with E-state index in [2.05, 4.69) is 11.0 Å². The Kier molecular flexibility index (Phi) is 7.11. The number of pyridine rings is 1. The first-order valence-corrected chi connectivity index (χ1v) is 10.9. The molecule has 1 aliphatic carbocycles. The fourth-order valence-corrected chi connectivity index (χ4v) is 4.72. The number of nitrogens with zero attached hydrogens (tertiary/aromatic N) is 2. The van der Waals surface area contributed by atoms with Crippen LogP contribution < -0.4 is 4.90 Å². The van der Waals surface area contributed by atoms with Crippen molar-refractivity contribution >= 4 is 11.7 Å². The van der Waals surface area contributed by atoms with Crippen molar-refractivity contribution < 1.29 is 13.9 Å². The largest absolute Gasteiger partial charge is 0.466 e. The highest BCUT2D eigenvalue weighted by molar-refractivity contribution is 5.82. The zero-order valence-electron chi connectivity index (χ0n) is 18.8. The molecule has 162 valence electrons. The number of hydrogen-bond donors (Lipinski definition) is 0. The number of ether oxygens (including phenoxy) is 1. The van der Waals surface area contributed by atoms with E-state index in [0.29, 0.717) is 24.9 Å². The molecule has 3 rings (SSSR count). The maximum atomic E-state index is 13.7. The standard InChI is InChI=1S/C25H33FN2O2/c1-6-30-24(29)14-18-7-9-19(10-8-18)23-15-22(25(28(4)5)17(3)27-23)21-12-11-20(26)13-16(21)2/h11-13,15,18-19H,6-10,14H2,1-5H3. The van der Waals surface area contributed by atoms with Gasteiger partial charge < -0.3 is 9.64 Å². The van der Waals surface area contributed by atoms with Gasteiger partial charge in [0.05, 0.1) is 18.0 Å². The van der Waals surface area contributed by atoms with Gasteiger partial charge in [0.25, 0.3) is 0 Å². The molecule has 30 heavy (non-hydrogen) atoms. The van der Waals surface area contributed by atoms with E-state index in [0.717, 1.165) is 59.4 Å². The molecule has 0 spiro atoms. The molecule has 1 aromatic carbocycles. The molecule has 1 saturated carbocycles. The molecule has 2 aromatic rings. The molecule has 1 aromatic heterocycles. The average Bonchev–Trinajstić information content (AvgIpc) is 2.68. The smallest absolute Gasteiger partial charge is 0.306 e. The van der Waals surface area contributed by atoms with Crippen LogP contribution in [-0.2, 0) is 9.53 Å². The quantitative estimate of drug-likeness (QED) is 0.563. The van der Waals surface area contributed by atoms with Gasteiger partial charge in [-0.15, -0.1) is 0 Å². The Morgan fingerprint density at radius 2 is 1.83 bits per heavy atom. The van der Waals surface area contributed by atoms with Gasteiger partial charge in [-0.2, -0.15) is 0 Å². The van der Waals surface area contributed by atoms with Gasteiger partial charge in [-0.25, -0.2) is 4.39 Å². The minimum Gasteiger partial charge on any atom is -0.466 e. The summed E-state index contributed by atoms with van der Waals surface area (Å²) in [5.41, 5.74) is 6.24. The average molecular weight is 413 g/mol. The van der Waals surface area contributed by atoms with Crippen molar-refractivity contribution in [2.24, 2.45) is 5.92 Å². The van der Waals surface area contributed by atoms with Gasteiger partial charge in [0.2, 0.25) is 0 Å². The Morgan fingerprint density at radius 3 is 2.43 bits per heavy atom. The Bertz CT molecular complexity index is 902. The van der Waals surface area contributed by atoms with Gasteiger partial charge in [-0.05, 0) is 81.7 Å². The van der Waals surface area contributed by atoms with Gasteiger partial charge >= 0.3 is 5.97 Å². The lowest BCUT2D eigenvalue weighted by Crippen LogP contribution is -2.19. The predicted molar refractivity (Wildman–Crippen MR) is 119 cm³/mol. The highest BCUT2D eigenvalue weighted by Gasteiger charge is 2.27. The van der Waals surface area contributed by atoms with E-state index in [1.165, 1.54) is 6.07 Å². The minimum atomic E-state index is -0.214. The van der Waals surface area contributed by atoms with E-state index in [1.54, 1.807) is 6.07 Å². The van der Waals surface area contributed by atoms with Crippen LogP contribution in [0.1, 0.15) is 61.9 Å². The lowest BCUT2D eigenvalue weighted by Gasteiger charge is -2.29. The topological polar surface area (TPSA) is 42.4 Å². The molecule has 0 bridgehead atoms. The highest BCUT2D eigenvalue weighted by atomic mass is 19.1. The van der Waals surface area contributed by atoms with Gasteiger partial charge in [-0.3, -0.25) is 9.78 Å². The summed E-state index contributed by atoms with van der Waals surface area (Å²) in [6, 6.07) is 7.17. The molecule has 0 unspecified atom stereocenters. The van der Waals surface area contributed by atoms with Crippen LogP contribution in [0.25, 0.3) is 11.1 Å². The molecule has 1 heterocycles.